The fraction of sp³-hybridized carbons (Fsp3) is 0.667. The number of carbonyl (C=O) groups excluding carboxylic acids is 3. The van der Waals surface area contributed by atoms with Gasteiger partial charge in [0, 0.05) is 6.42 Å². The third kappa shape index (κ3) is 12.4. The lowest BCUT2D eigenvalue weighted by Crippen LogP contribution is -2.58. The van der Waals surface area contributed by atoms with Crippen molar-refractivity contribution in [2.75, 3.05) is 13.2 Å². The molecule has 0 aromatic carbocycles. The van der Waals surface area contributed by atoms with E-state index < -0.39 is 85.7 Å². The first-order valence-corrected chi connectivity index (χ1v) is 10.1. The second-order valence-electron chi connectivity index (χ2n) is 7.13. The van der Waals surface area contributed by atoms with Crippen LogP contribution in [0.15, 0.2) is 0 Å². The van der Waals surface area contributed by atoms with E-state index in [2.05, 4.69) is 10.6 Å². The van der Waals surface area contributed by atoms with Crippen LogP contribution in [0, 0.1) is 0 Å². The van der Waals surface area contributed by atoms with Crippen molar-refractivity contribution >= 4 is 35.6 Å². The van der Waals surface area contributed by atoms with Gasteiger partial charge in [-0.25, -0.2) is 4.79 Å². The summed E-state index contributed by atoms with van der Waals surface area (Å²) < 4.78 is 0. The van der Waals surface area contributed by atoms with Gasteiger partial charge in [-0.1, -0.05) is 0 Å². The van der Waals surface area contributed by atoms with Crippen molar-refractivity contribution in [3.05, 3.63) is 0 Å². The number of carbonyl (C=O) groups is 6. The molecule has 11 N–H and O–H groups in total. The molecular formula is C18H31N5O10. The highest BCUT2D eigenvalue weighted by molar-refractivity contribution is 5.94. The molecule has 0 fully saturated rings. The Morgan fingerprint density at radius 2 is 1.27 bits per heavy atom. The molecule has 188 valence electrons. The summed E-state index contributed by atoms with van der Waals surface area (Å²) in [6, 6.07) is -5.95. The number of aliphatic hydroxyl groups is 1. The molecule has 15 nitrogen and oxygen atoms in total. The lowest BCUT2D eigenvalue weighted by Gasteiger charge is -2.24. The fourth-order valence-electron chi connectivity index (χ4n) is 2.59. The van der Waals surface area contributed by atoms with Crippen LogP contribution >= 0.6 is 0 Å². The Bertz CT molecular complexity index is 717. The van der Waals surface area contributed by atoms with E-state index in [9.17, 15) is 39.0 Å². The number of carboxylic acids is 3. The smallest absolute Gasteiger partial charge is 0.326 e. The number of aliphatic hydroxyl groups excluding tert-OH is 1. The number of nitrogens with two attached hydrogens (primary N) is 2. The summed E-state index contributed by atoms with van der Waals surface area (Å²) >= 11 is 0. The minimum absolute atomic E-state index is 0.0503. The quantitative estimate of drug-likeness (QED) is 0.0916. The molecule has 3 amide bonds. The number of hydrogen-bond acceptors (Lipinski definition) is 9. The molecule has 0 heterocycles. The van der Waals surface area contributed by atoms with Gasteiger partial charge in [-0.3, -0.25) is 24.0 Å². The van der Waals surface area contributed by atoms with Gasteiger partial charge in [0.2, 0.25) is 17.7 Å². The number of hydrogen-bond donors (Lipinski definition) is 9. The fourth-order valence-corrected chi connectivity index (χ4v) is 2.59. The van der Waals surface area contributed by atoms with E-state index in [-0.39, 0.29) is 6.42 Å². The first-order valence-electron chi connectivity index (χ1n) is 10.1. The Morgan fingerprint density at radius 3 is 1.76 bits per heavy atom. The highest BCUT2D eigenvalue weighted by Gasteiger charge is 2.30. The van der Waals surface area contributed by atoms with Crippen LogP contribution in [0.1, 0.15) is 38.5 Å². The summed E-state index contributed by atoms with van der Waals surface area (Å²) in [5, 5.41) is 42.7. The molecular weight excluding hydrogens is 446 g/mol. The zero-order chi connectivity index (χ0) is 25.6. The lowest BCUT2D eigenvalue weighted by atomic mass is 10.1. The first kappa shape index (κ1) is 29.7. The molecule has 0 saturated carbocycles. The highest BCUT2D eigenvalue weighted by Crippen LogP contribution is 2.05. The third-order valence-electron chi connectivity index (χ3n) is 4.39. The second-order valence-corrected chi connectivity index (χ2v) is 7.13. The van der Waals surface area contributed by atoms with E-state index in [1.165, 1.54) is 0 Å². The summed E-state index contributed by atoms with van der Waals surface area (Å²) in [5.74, 6) is -7.11. The Hall–Kier alpha value is -3.30. The molecule has 0 saturated heterocycles. The molecule has 0 rings (SSSR count). The van der Waals surface area contributed by atoms with E-state index >= 15 is 0 Å². The number of unbranched alkanes of at least 4 members (excludes halogenated alkanes) is 1. The molecule has 0 spiro atoms. The average molecular weight is 477 g/mol. The molecule has 15 heteroatoms. The van der Waals surface area contributed by atoms with E-state index in [4.69, 9.17) is 21.7 Å². The van der Waals surface area contributed by atoms with Gasteiger partial charge in [-0.2, -0.15) is 0 Å². The molecule has 0 bridgehead atoms. The molecule has 0 aliphatic rings. The molecule has 0 aromatic rings. The maximum atomic E-state index is 12.6. The van der Waals surface area contributed by atoms with E-state index in [1.54, 1.807) is 0 Å². The molecule has 33 heavy (non-hydrogen) atoms. The molecule has 0 aliphatic heterocycles. The molecule has 4 unspecified atom stereocenters. The van der Waals surface area contributed by atoms with Crippen molar-refractivity contribution in [3.63, 3.8) is 0 Å². The van der Waals surface area contributed by atoms with E-state index in [1.807, 2.05) is 5.32 Å². The van der Waals surface area contributed by atoms with Crippen molar-refractivity contribution in [3.8, 4) is 0 Å². The molecule has 0 aromatic heterocycles. The topological polar surface area (TPSA) is 271 Å². The summed E-state index contributed by atoms with van der Waals surface area (Å²) in [4.78, 5) is 69.9. The zero-order valence-electron chi connectivity index (χ0n) is 17.9. The largest absolute Gasteiger partial charge is 0.481 e. The zero-order valence-corrected chi connectivity index (χ0v) is 17.9. The third-order valence-corrected chi connectivity index (χ3v) is 4.39. The summed E-state index contributed by atoms with van der Waals surface area (Å²) in [5.41, 5.74) is 10.7. The average Bonchev–Trinajstić information content (AvgIpc) is 2.72. The van der Waals surface area contributed by atoms with E-state index in [0.717, 1.165) is 0 Å². The predicted octanol–water partition coefficient (Wildman–Crippen LogP) is -3.69. The Morgan fingerprint density at radius 1 is 0.727 bits per heavy atom. The van der Waals surface area contributed by atoms with Crippen molar-refractivity contribution < 1.29 is 49.2 Å². The van der Waals surface area contributed by atoms with Gasteiger partial charge in [-0.05, 0) is 32.2 Å². The Balaban J connectivity index is 5.30. The summed E-state index contributed by atoms with van der Waals surface area (Å²) in [6.45, 7) is -0.622. The minimum atomic E-state index is -1.63. The SMILES string of the molecule is NCCCCC(NC(=O)C(CCC(=O)O)NC(=O)C(CO)NC(=O)C(N)CC(=O)O)C(=O)O. The summed E-state index contributed by atoms with van der Waals surface area (Å²) in [6.07, 6.45) is -0.740. The number of nitrogens with one attached hydrogen (secondary N) is 3. The van der Waals surface area contributed by atoms with Crippen LogP contribution in [-0.2, 0) is 28.8 Å². The maximum absolute atomic E-state index is 12.6. The Labute approximate surface area is 188 Å². The lowest BCUT2D eigenvalue weighted by molar-refractivity contribution is -0.143. The van der Waals surface area contributed by atoms with Gasteiger partial charge in [0.25, 0.3) is 0 Å². The van der Waals surface area contributed by atoms with Crippen LogP contribution in [0.5, 0.6) is 0 Å². The number of rotatable bonds is 17. The van der Waals surface area contributed by atoms with Crippen LogP contribution in [0.2, 0.25) is 0 Å². The number of carboxylic acid groups (broad SMARTS) is 3. The monoisotopic (exact) mass is 477 g/mol. The molecule has 4 atom stereocenters. The van der Waals surface area contributed by atoms with E-state index in [0.29, 0.717) is 19.4 Å². The van der Waals surface area contributed by atoms with Crippen LogP contribution in [-0.4, -0.2) is 93.4 Å². The normalized spacial score (nSPS) is 14.3. The molecule has 0 radical (unpaired) electrons. The number of amides is 3. The summed E-state index contributed by atoms with van der Waals surface area (Å²) in [7, 11) is 0. The first-order chi connectivity index (χ1) is 15.4. The van der Waals surface area contributed by atoms with Crippen LogP contribution in [0.3, 0.4) is 0 Å². The highest BCUT2D eigenvalue weighted by atomic mass is 16.4. The van der Waals surface area contributed by atoms with Crippen molar-refractivity contribution in [2.24, 2.45) is 11.5 Å². The van der Waals surface area contributed by atoms with Crippen molar-refractivity contribution in [2.45, 2.75) is 62.7 Å². The standard InChI is InChI=1S/C18H31N5O10/c19-6-2-1-3-11(18(32)33)22-16(30)10(4-5-13(25)26)21-17(31)12(8-24)23-15(29)9(20)7-14(27)28/h9-12,24H,1-8,19-20H2,(H,21,31)(H,22,30)(H,23,29)(H,25,26)(H,27,28)(H,32,33). The minimum Gasteiger partial charge on any atom is -0.481 e. The predicted molar refractivity (Wildman–Crippen MR) is 111 cm³/mol. The van der Waals surface area contributed by atoms with Gasteiger partial charge < -0.3 is 47.8 Å². The van der Waals surface area contributed by atoms with Gasteiger partial charge in [0.1, 0.15) is 18.1 Å². The number of aliphatic carboxylic acids is 3. The van der Waals surface area contributed by atoms with Crippen LogP contribution in [0.4, 0.5) is 0 Å². The van der Waals surface area contributed by atoms with Crippen LogP contribution < -0.4 is 27.4 Å². The van der Waals surface area contributed by atoms with Gasteiger partial charge in [0.05, 0.1) is 19.1 Å². The van der Waals surface area contributed by atoms with Gasteiger partial charge in [0.15, 0.2) is 0 Å². The van der Waals surface area contributed by atoms with Gasteiger partial charge in [-0.15, -0.1) is 0 Å². The van der Waals surface area contributed by atoms with Gasteiger partial charge >= 0.3 is 17.9 Å². The Kier molecular flexibility index (Phi) is 13.9. The maximum Gasteiger partial charge on any atom is 0.326 e. The van der Waals surface area contributed by atoms with Crippen molar-refractivity contribution in [1.82, 2.24) is 16.0 Å². The van der Waals surface area contributed by atoms with Crippen molar-refractivity contribution in [1.29, 1.82) is 0 Å². The second kappa shape index (κ2) is 15.5. The molecule has 0 aliphatic carbocycles. The van der Waals surface area contributed by atoms with Crippen LogP contribution in [0.25, 0.3) is 0 Å².